The zero-order chi connectivity index (χ0) is 22.8. The van der Waals surface area contributed by atoms with Gasteiger partial charge < -0.3 is 14.9 Å². The third-order valence-electron chi connectivity index (χ3n) is 4.57. The quantitative estimate of drug-likeness (QED) is 0.664. The molecule has 0 aliphatic carbocycles. The van der Waals surface area contributed by atoms with Gasteiger partial charge in [0, 0.05) is 30.9 Å². The molecule has 0 saturated carbocycles. The summed E-state index contributed by atoms with van der Waals surface area (Å²) >= 11 is 0. The van der Waals surface area contributed by atoms with Crippen LogP contribution in [0.25, 0.3) is 5.65 Å². The Morgan fingerprint density at radius 3 is 2.61 bits per heavy atom. The maximum Gasteiger partial charge on any atom is 0.490 e. The van der Waals surface area contributed by atoms with Gasteiger partial charge in [0.05, 0.1) is 25.0 Å². The topological polar surface area (TPSA) is 96.0 Å². The molecule has 0 fully saturated rings. The molecule has 0 amide bonds. The Hall–Kier alpha value is -3.41. The van der Waals surface area contributed by atoms with Gasteiger partial charge in [-0.3, -0.25) is 13.9 Å². The molecule has 3 aromatic heterocycles. The number of nitrogens with zero attached hydrogens (tertiary/aromatic N) is 6. The molecule has 1 aliphatic rings. The van der Waals surface area contributed by atoms with Crippen LogP contribution in [-0.4, -0.2) is 62.0 Å². The standard InChI is InChI=1S/C17H20N6O.C2HF3O2/c1-20(2)11-13-10-18-23-8-7-21(12-14(13)23)16-9-17(24)22-6-4-3-5-15(22)19-16;3-2(4,5)1(6)7/h3-6,9-10H,7-8,11-12H2,1-2H3;(H,6,7). The van der Waals surface area contributed by atoms with Gasteiger partial charge >= 0.3 is 12.1 Å². The Morgan fingerprint density at radius 2 is 1.97 bits per heavy atom. The number of pyridine rings is 1. The number of hydrogen-bond donors (Lipinski definition) is 1. The smallest absolute Gasteiger partial charge is 0.475 e. The van der Waals surface area contributed by atoms with Crippen molar-refractivity contribution in [2.75, 3.05) is 25.5 Å². The molecule has 0 unspecified atom stereocenters. The predicted molar refractivity (Wildman–Crippen MR) is 106 cm³/mol. The third-order valence-corrected chi connectivity index (χ3v) is 4.57. The summed E-state index contributed by atoms with van der Waals surface area (Å²) in [5, 5.41) is 11.6. The second-order valence-corrected chi connectivity index (χ2v) is 7.18. The number of halogens is 3. The summed E-state index contributed by atoms with van der Waals surface area (Å²) < 4.78 is 35.4. The second-order valence-electron chi connectivity index (χ2n) is 7.18. The van der Waals surface area contributed by atoms with Crippen molar-refractivity contribution < 1.29 is 23.1 Å². The molecule has 1 aliphatic heterocycles. The largest absolute Gasteiger partial charge is 0.490 e. The Labute approximate surface area is 174 Å². The summed E-state index contributed by atoms with van der Waals surface area (Å²) in [6.07, 6.45) is -1.39. The average Bonchev–Trinajstić information content (AvgIpc) is 3.09. The molecule has 4 rings (SSSR count). The minimum absolute atomic E-state index is 0.0526. The first-order chi connectivity index (χ1) is 14.6. The molecule has 0 atom stereocenters. The normalized spacial score (nSPS) is 13.7. The number of carbonyl (C=O) groups is 1. The van der Waals surface area contributed by atoms with Crippen molar-refractivity contribution in [1.82, 2.24) is 24.1 Å². The van der Waals surface area contributed by atoms with Crippen molar-refractivity contribution in [3.8, 4) is 0 Å². The first-order valence-corrected chi connectivity index (χ1v) is 9.28. The van der Waals surface area contributed by atoms with Gasteiger partial charge in [-0.1, -0.05) is 6.07 Å². The molecule has 0 radical (unpaired) electrons. The van der Waals surface area contributed by atoms with E-state index in [0.717, 1.165) is 32.0 Å². The highest BCUT2D eigenvalue weighted by atomic mass is 19.4. The van der Waals surface area contributed by atoms with Crippen LogP contribution in [-0.2, 0) is 24.4 Å². The molecule has 166 valence electrons. The van der Waals surface area contributed by atoms with Gasteiger partial charge in [0.25, 0.3) is 5.56 Å². The summed E-state index contributed by atoms with van der Waals surface area (Å²) in [6, 6.07) is 7.20. The average molecular weight is 438 g/mol. The van der Waals surface area contributed by atoms with E-state index in [0.29, 0.717) is 5.65 Å². The van der Waals surface area contributed by atoms with Crippen molar-refractivity contribution in [3.63, 3.8) is 0 Å². The number of carboxylic acids is 1. The fraction of sp³-hybridized carbons (Fsp3) is 0.368. The lowest BCUT2D eigenvalue weighted by Crippen LogP contribution is -2.36. The van der Waals surface area contributed by atoms with Gasteiger partial charge in [0.1, 0.15) is 11.5 Å². The van der Waals surface area contributed by atoms with Gasteiger partial charge in [0.2, 0.25) is 0 Å². The maximum absolute atomic E-state index is 12.3. The van der Waals surface area contributed by atoms with Gasteiger partial charge in [-0.15, -0.1) is 0 Å². The Morgan fingerprint density at radius 1 is 1.26 bits per heavy atom. The number of alkyl halides is 3. The first-order valence-electron chi connectivity index (χ1n) is 9.28. The van der Waals surface area contributed by atoms with E-state index >= 15 is 0 Å². The molecule has 0 bridgehead atoms. The predicted octanol–water partition coefficient (Wildman–Crippen LogP) is 1.61. The molecular weight excluding hydrogens is 417 g/mol. The molecule has 0 spiro atoms. The van der Waals surface area contributed by atoms with Crippen LogP contribution in [0.3, 0.4) is 0 Å². The van der Waals surface area contributed by atoms with Crippen molar-refractivity contribution >= 4 is 17.4 Å². The number of fused-ring (bicyclic) bond motifs is 2. The van der Waals surface area contributed by atoms with Crippen LogP contribution in [0.4, 0.5) is 19.0 Å². The number of aromatic nitrogens is 4. The summed E-state index contributed by atoms with van der Waals surface area (Å²) in [5.74, 6) is -2.03. The molecule has 3 aromatic rings. The van der Waals surface area contributed by atoms with E-state index in [1.54, 1.807) is 16.7 Å². The molecule has 4 heterocycles. The Bertz CT molecular complexity index is 1140. The minimum atomic E-state index is -5.08. The van der Waals surface area contributed by atoms with E-state index in [9.17, 15) is 18.0 Å². The second kappa shape index (κ2) is 8.76. The minimum Gasteiger partial charge on any atom is -0.475 e. The lowest BCUT2D eigenvalue weighted by Gasteiger charge is -2.29. The molecule has 12 heteroatoms. The molecule has 1 N–H and O–H groups in total. The number of carboxylic acid groups (broad SMARTS) is 1. The van der Waals surface area contributed by atoms with Gasteiger partial charge in [-0.05, 0) is 26.2 Å². The van der Waals surface area contributed by atoms with E-state index in [4.69, 9.17) is 9.90 Å². The summed E-state index contributed by atoms with van der Waals surface area (Å²) in [5.41, 5.74) is 3.04. The fourth-order valence-electron chi connectivity index (χ4n) is 3.17. The summed E-state index contributed by atoms with van der Waals surface area (Å²) in [7, 11) is 4.10. The summed E-state index contributed by atoms with van der Waals surface area (Å²) in [6.45, 7) is 3.18. The molecule has 0 aromatic carbocycles. The Kier molecular flexibility index (Phi) is 6.29. The SMILES string of the molecule is CN(C)Cc1cnn2c1CN(c1cc(=O)n3ccccc3n1)CC2.O=C(O)C(F)(F)F. The van der Waals surface area contributed by atoms with E-state index in [2.05, 4.69) is 38.7 Å². The van der Waals surface area contributed by atoms with Gasteiger partial charge in [-0.25, -0.2) is 9.78 Å². The van der Waals surface area contributed by atoms with E-state index < -0.39 is 12.1 Å². The maximum atomic E-state index is 12.3. The molecule has 9 nitrogen and oxygen atoms in total. The lowest BCUT2D eigenvalue weighted by molar-refractivity contribution is -0.192. The highest BCUT2D eigenvalue weighted by Gasteiger charge is 2.38. The van der Waals surface area contributed by atoms with E-state index in [1.165, 1.54) is 11.3 Å². The van der Waals surface area contributed by atoms with Crippen LogP contribution in [0.1, 0.15) is 11.3 Å². The highest BCUT2D eigenvalue weighted by molar-refractivity contribution is 5.73. The molecule has 31 heavy (non-hydrogen) atoms. The van der Waals surface area contributed by atoms with Crippen molar-refractivity contribution in [2.45, 2.75) is 25.8 Å². The fourth-order valence-corrected chi connectivity index (χ4v) is 3.17. The molecular formula is C19H21F3N6O3. The van der Waals surface area contributed by atoms with Crippen molar-refractivity contribution in [3.05, 3.63) is 58.3 Å². The summed E-state index contributed by atoms with van der Waals surface area (Å²) in [4.78, 5) is 30.2. The van der Waals surface area contributed by atoms with Crippen LogP contribution in [0.5, 0.6) is 0 Å². The van der Waals surface area contributed by atoms with Crippen LogP contribution >= 0.6 is 0 Å². The number of rotatable bonds is 3. The van der Waals surface area contributed by atoms with Crippen molar-refractivity contribution in [1.29, 1.82) is 0 Å². The lowest BCUT2D eigenvalue weighted by atomic mass is 10.2. The van der Waals surface area contributed by atoms with Crippen molar-refractivity contribution in [2.24, 2.45) is 0 Å². The monoisotopic (exact) mass is 438 g/mol. The number of hydrogen-bond acceptors (Lipinski definition) is 6. The van der Waals surface area contributed by atoms with Crippen LogP contribution in [0, 0.1) is 0 Å². The van der Waals surface area contributed by atoms with E-state index in [-0.39, 0.29) is 5.56 Å². The zero-order valence-electron chi connectivity index (χ0n) is 16.9. The van der Waals surface area contributed by atoms with Crippen LogP contribution in [0.15, 0.2) is 41.5 Å². The van der Waals surface area contributed by atoms with Gasteiger partial charge in [0.15, 0.2) is 0 Å². The van der Waals surface area contributed by atoms with E-state index in [1.807, 2.05) is 24.4 Å². The first kappa shape index (κ1) is 22.3. The molecule has 0 saturated heterocycles. The van der Waals surface area contributed by atoms with Crippen LogP contribution in [0.2, 0.25) is 0 Å². The third kappa shape index (κ3) is 5.20. The number of anilines is 1. The highest BCUT2D eigenvalue weighted by Crippen LogP contribution is 2.21. The zero-order valence-corrected chi connectivity index (χ0v) is 16.9. The number of aliphatic carboxylic acids is 1. The van der Waals surface area contributed by atoms with Crippen LogP contribution < -0.4 is 10.5 Å². The van der Waals surface area contributed by atoms with Gasteiger partial charge in [-0.2, -0.15) is 18.3 Å². The Balaban J connectivity index is 0.000000339.